The third-order valence-electron chi connectivity index (χ3n) is 4.20. The summed E-state index contributed by atoms with van der Waals surface area (Å²) in [4.78, 5) is 23.4. The molecule has 0 fully saturated rings. The van der Waals surface area contributed by atoms with Crippen LogP contribution in [0, 0.1) is 11.6 Å². The first-order valence-electron chi connectivity index (χ1n) is 7.98. The topological polar surface area (TPSA) is 75.6 Å². The third-order valence-corrected chi connectivity index (χ3v) is 4.20. The third kappa shape index (κ3) is 3.51. The SMILES string of the molecule is CC1(C)CC(NC(=O)c2ccc(C(=O)O)cc2F)c2ccc(F)cc2O1. The predicted molar refractivity (Wildman–Crippen MR) is 89.3 cm³/mol. The molecule has 0 bridgehead atoms. The van der Waals surface area contributed by atoms with Crippen LogP contribution in [0.15, 0.2) is 36.4 Å². The van der Waals surface area contributed by atoms with Crippen molar-refractivity contribution in [3.8, 4) is 5.75 Å². The fraction of sp³-hybridized carbons (Fsp3) is 0.263. The maximum Gasteiger partial charge on any atom is 0.335 e. The Hall–Kier alpha value is -2.96. The maximum atomic E-state index is 14.1. The smallest absolute Gasteiger partial charge is 0.335 e. The first-order valence-corrected chi connectivity index (χ1v) is 7.98. The molecule has 26 heavy (non-hydrogen) atoms. The summed E-state index contributed by atoms with van der Waals surface area (Å²) in [5.74, 6) is -3.02. The lowest BCUT2D eigenvalue weighted by molar-refractivity contribution is 0.0613. The number of carbonyl (C=O) groups excluding carboxylic acids is 1. The van der Waals surface area contributed by atoms with Gasteiger partial charge in [-0.05, 0) is 38.1 Å². The number of carbonyl (C=O) groups is 2. The van der Waals surface area contributed by atoms with Crippen LogP contribution in [-0.2, 0) is 0 Å². The van der Waals surface area contributed by atoms with Crippen LogP contribution in [0.3, 0.4) is 0 Å². The van der Waals surface area contributed by atoms with Crippen LogP contribution in [0.25, 0.3) is 0 Å². The zero-order valence-electron chi connectivity index (χ0n) is 14.2. The van der Waals surface area contributed by atoms with E-state index in [1.165, 1.54) is 18.2 Å². The summed E-state index contributed by atoms with van der Waals surface area (Å²) in [5.41, 5.74) is -0.554. The van der Waals surface area contributed by atoms with Gasteiger partial charge in [-0.25, -0.2) is 13.6 Å². The van der Waals surface area contributed by atoms with Crippen LogP contribution in [0.5, 0.6) is 5.75 Å². The van der Waals surface area contributed by atoms with Gasteiger partial charge in [0.25, 0.3) is 5.91 Å². The molecule has 0 spiro atoms. The summed E-state index contributed by atoms with van der Waals surface area (Å²) in [6.45, 7) is 3.62. The molecule has 3 rings (SSSR count). The van der Waals surface area contributed by atoms with E-state index in [1.807, 2.05) is 13.8 Å². The number of hydrogen-bond acceptors (Lipinski definition) is 3. The molecular weight excluding hydrogens is 344 g/mol. The second kappa shape index (κ2) is 6.40. The van der Waals surface area contributed by atoms with Crippen molar-refractivity contribution < 1.29 is 28.2 Å². The van der Waals surface area contributed by atoms with E-state index in [4.69, 9.17) is 9.84 Å². The molecular formula is C19H17F2NO4. The highest BCUT2D eigenvalue weighted by atomic mass is 19.1. The van der Waals surface area contributed by atoms with Gasteiger partial charge in [-0.2, -0.15) is 0 Å². The molecule has 136 valence electrons. The highest BCUT2D eigenvalue weighted by Gasteiger charge is 2.35. The van der Waals surface area contributed by atoms with Gasteiger partial charge in [0, 0.05) is 18.1 Å². The number of nitrogens with one attached hydrogen (secondary N) is 1. The Balaban J connectivity index is 1.89. The highest BCUT2D eigenvalue weighted by Crippen LogP contribution is 2.39. The van der Waals surface area contributed by atoms with Crippen LogP contribution in [0.1, 0.15) is 52.6 Å². The predicted octanol–water partition coefficient (Wildman–Crippen LogP) is 3.70. The van der Waals surface area contributed by atoms with E-state index in [-0.39, 0.29) is 11.1 Å². The van der Waals surface area contributed by atoms with E-state index >= 15 is 0 Å². The second-order valence-electron chi connectivity index (χ2n) is 6.77. The lowest BCUT2D eigenvalue weighted by Gasteiger charge is -2.37. The Morgan fingerprint density at radius 3 is 2.58 bits per heavy atom. The number of carboxylic acids is 1. The molecule has 7 heteroatoms. The van der Waals surface area contributed by atoms with Gasteiger partial charge >= 0.3 is 5.97 Å². The standard InChI is InChI=1S/C19H17F2NO4/c1-19(2)9-15(13-6-4-11(20)8-16(13)26-19)22-17(23)12-5-3-10(18(24)25)7-14(12)21/h3-8,15H,9H2,1-2H3,(H,22,23)(H,24,25). The second-order valence-corrected chi connectivity index (χ2v) is 6.77. The average molecular weight is 361 g/mol. The van der Waals surface area contributed by atoms with Crippen LogP contribution in [0.4, 0.5) is 8.78 Å². The van der Waals surface area contributed by atoms with Gasteiger partial charge in [-0.3, -0.25) is 4.79 Å². The quantitative estimate of drug-likeness (QED) is 0.874. The number of aromatic carboxylic acids is 1. The van der Waals surface area contributed by atoms with E-state index < -0.39 is 35.2 Å². The molecule has 1 heterocycles. The first kappa shape index (κ1) is 17.8. The van der Waals surface area contributed by atoms with Gasteiger partial charge in [-0.15, -0.1) is 0 Å². The maximum absolute atomic E-state index is 14.1. The fourth-order valence-electron chi connectivity index (χ4n) is 3.02. The van der Waals surface area contributed by atoms with Crippen LogP contribution < -0.4 is 10.1 Å². The number of amides is 1. The number of fused-ring (bicyclic) bond motifs is 1. The van der Waals surface area contributed by atoms with Crippen molar-refractivity contribution in [1.29, 1.82) is 0 Å². The molecule has 2 aromatic rings. The molecule has 1 aliphatic heterocycles. The molecule has 1 atom stereocenters. The Bertz CT molecular complexity index is 895. The monoisotopic (exact) mass is 361 g/mol. The fourth-order valence-corrected chi connectivity index (χ4v) is 3.02. The van der Waals surface area contributed by atoms with Crippen molar-refractivity contribution in [3.63, 3.8) is 0 Å². The molecule has 0 aromatic heterocycles. The molecule has 5 nitrogen and oxygen atoms in total. The van der Waals surface area contributed by atoms with E-state index in [0.29, 0.717) is 17.7 Å². The Morgan fingerprint density at radius 1 is 1.19 bits per heavy atom. The zero-order chi connectivity index (χ0) is 19.1. The van der Waals surface area contributed by atoms with E-state index in [9.17, 15) is 18.4 Å². The number of rotatable bonds is 3. The van der Waals surface area contributed by atoms with Gasteiger partial charge in [0.2, 0.25) is 0 Å². The molecule has 2 aromatic carbocycles. The summed E-state index contributed by atoms with van der Waals surface area (Å²) in [5, 5.41) is 11.6. The minimum Gasteiger partial charge on any atom is -0.487 e. The van der Waals surface area contributed by atoms with Crippen molar-refractivity contribution >= 4 is 11.9 Å². The van der Waals surface area contributed by atoms with Crippen molar-refractivity contribution in [3.05, 3.63) is 64.7 Å². The normalized spacial score (nSPS) is 17.8. The van der Waals surface area contributed by atoms with E-state index in [1.54, 1.807) is 0 Å². The van der Waals surface area contributed by atoms with E-state index in [0.717, 1.165) is 18.2 Å². The summed E-state index contributed by atoms with van der Waals surface area (Å²) in [6, 6.07) is 6.63. The first-order chi connectivity index (χ1) is 12.2. The van der Waals surface area contributed by atoms with Gasteiger partial charge in [0.1, 0.15) is 23.0 Å². The number of carboxylic acid groups (broad SMARTS) is 1. The van der Waals surface area contributed by atoms with Crippen LogP contribution in [0.2, 0.25) is 0 Å². The highest BCUT2D eigenvalue weighted by molar-refractivity contribution is 5.96. The molecule has 1 aliphatic rings. The molecule has 1 unspecified atom stereocenters. The summed E-state index contributed by atoms with van der Waals surface area (Å²) >= 11 is 0. The molecule has 0 radical (unpaired) electrons. The van der Waals surface area contributed by atoms with Crippen molar-refractivity contribution in [2.45, 2.75) is 31.9 Å². The van der Waals surface area contributed by atoms with Gasteiger partial charge in [0.15, 0.2) is 0 Å². The molecule has 0 saturated carbocycles. The number of ether oxygens (including phenoxy) is 1. The van der Waals surface area contributed by atoms with Gasteiger partial charge in [0.05, 0.1) is 17.2 Å². The number of halogens is 2. The van der Waals surface area contributed by atoms with Gasteiger partial charge in [-0.1, -0.05) is 6.07 Å². The lowest BCUT2D eigenvalue weighted by atomic mass is 9.89. The largest absolute Gasteiger partial charge is 0.487 e. The van der Waals surface area contributed by atoms with Crippen LogP contribution >= 0.6 is 0 Å². The molecule has 0 saturated heterocycles. The minimum atomic E-state index is -1.28. The van der Waals surface area contributed by atoms with Crippen LogP contribution in [-0.4, -0.2) is 22.6 Å². The van der Waals surface area contributed by atoms with Crippen molar-refractivity contribution in [2.75, 3.05) is 0 Å². The number of benzene rings is 2. The number of hydrogen-bond donors (Lipinski definition) is 2. The average Bonchev–Trinajstić information content (AvgIpc) is 2.52. The lowest BCUT2D eigenvalue weighted by Crippen LogP contribution is -2.41. The summed E-state index contributed by atoms with van der Waals surface area (Å²) in [7, 11) is 0. The molecule has 1 amide bonds. The van der Waals surface area contributed by atoms with Crippen molar-refractivity contribution in [2.24, 2.45) is 0 Å². The zero-order valence-corrected chi connectivity index (χ0v) is 14.2. The summed E-state index contributed by atoms with van der Waals surface area (Å²) < 4.78 is 33.4. The Morgan fingerprint density at radius 2 is 1.92 bits per heavy atom. The molecule has 2 N–H and O–H groups in total. The molecule has 0 aliphatic carbocycles. The van der Waals surface area contributed by atoms with E-state index in [2.05, 4.69) is 5.32 Å². The van der Waals surface area contributed by atoms with Crippen molar-refractivity contribution in [1.82, 2.24) is 5.32 Å². The van der Waals surface area contributed by atoms with Gasteiger partial charge < -0.3 is 15.2 Å². The Labute approximate surface area is 148 Å². The summed E-state index contributed by atoms with van der Waals surface area (Å²) in [6.07, 6.45) is 0.409. The Kier molecular flexibility index (Phi) is 4.39. The minimum absolute atomic E-state index is 0.243.